The van der Waals surface area contributed by atoms with Gasteiger partial charge in [-0.15, -0.1) is 0 Å². The van der Waals surface area contributed by atoms with Gasteiger partial charge in [0.25, 0.3) is 0 Å². The van der Waals surface area contributed by atoms with Crippen LogP contribution in [0.3, 0.4) is 0 Å². The average Bonchev–Trinajstić information content (AvgIpc) is 2.24. The van der Waals surface area contributed by atoms with Crippen molar-refractivity contribution in [3.8, 4) is 0 Å². The lowest BCUT2D eigenvalue weighted by Crippen LogP contribution is -2.23. The van der Waals surface area contributed by atoms with E-state index in [0.717, 1.165) is 25.7 Å². The van der Waals surface area contributed by atoms with Crippen LogP contribution in [-0.2, 0) is 0 Å². The van der Waals surface area contributed by atoms with Crippen molar-refractivity contribution in [2.75, 3.05) is 13.1 Å². The van der Waals surface area contributed by atoms with Crippen LogP contribution in [0.4, 0.5) is 0 Å². The molecule has 0 aromatic rings. The van der Waals surface area contributed by atoms with E-state index in [2.05, 4.69) is 0 Å². The van der Waals surface area contributed by atoms with Gasteiger partial charge < -0.3 is 22.9 Å². The zero-order valence-corrected chi connectivity index (χ0v) is 10.5. The molecular formula is C12H30N4. The second-order valence-corrected chi connectivity index (χ2v) is 4.67. The Hall–Kier alpha value is -0.160. The molecule has 0 aliphatic carbocycles. The molecule has 4 nitrogen and oxygen atoms in total. The Kier molecular flexibility index (Phi) is 11.2. The van der Waals surface area contributed by atoms with Crippen molar-refractivity contribution in [2.45, 2.75) is 63.5 Å². The maximum absolute atomic E-state index is 5.87. The number of hydrogen-bond acceptors (Lipinski definition) is 4. The molecule has 0 saturated heterocycles. The largest absolute Gasteiger partial charge is 0.330 e. The van der Waals surface area contributed by atoms with E-state index in [0.29, 0.717) is 25.2 Å². The molecule has 8 N–H and O–H groups in total. The summed E-state index contributed by atoms with van der Waals surface area (Å²) in [6.45, 7) is 1.41. The number of hydrogen-bond donors (Lipinski definition) is 4. The molecule has 2 atom stereocenters. The van der Waals surface area contributed by atoms with Crippen molar-refractivity contribution in [3.63, 3.8) is 0 Å². The van der Waals surface area contributed by atoms with Crippen molar-refractivity contribution < 1.29 is 0 Å². The van der Waals surface area contributed by atoms with Gasteiger partial charge >= 0.3 is 0 Å². The molecular weight excluding hydrogens is 200 g/mol. The highest BCUT2D eigenvalue weighted by molar-refractivity contribution is 4.63. The number of rotatable bonds is 11. The molecule has 0 aromatic heterocycles. The smallest absolute Gasteiger partial charge is 0.00508 e. The highest BCUT2D eigenvalue weighted by atomic mass is 14.7. The molecule has 98 valence electrons. The van der Waals surface area contributed by atoms with Crippen molar-refractivity contribution in [1.82, 2.24) is 0 Å². The van der Waals surface area contributed by atoms with Crippen molar-refractivity contribution in [1.29, 1.82) is 0 Å². The normalized spacial score (nSPS) is 15.0. The van der Waals surface area contributed by atoms with Gasteiger partial charge in [-0.25, -0.2) is 0 Å². The first-order valence-electron chi connectivity index (χ1n) is 6.62. The fourth-order valence-corrected chi connectivity index (χ4v) is 1.88. The van der Waals surface area contributed by atoms with E-state index < -0.39 is 0 Å². The highest BCUT2D eigenvalue weighted by Gasteiger charge is 2.02. The van der Waals surface area contributed by atoms with Gasteiger partial charge in [-0.2, -0.15) is 0 Å². The van der Waals surface area contributed by atoms with Crippen molar-refractivity contribution in [3.05, 3.63) is 0 Å². The van der Waals surface area contributed by atoms with E-state index >= 15 is 0 Å². The van der Waals surface area contributed by atoms with Crippen LogP contribution in [0.2, 0.25) is 0 Å². The average molecular weight is 230 g/mol. The van der Waals surface area contributed by atoms with E-state index in [-0.39, 0.29) is 0 Å². The quantitative estimate of drug-likeness (QED) is 0.392. The fraction of sp³-hybridized carbons (Fsp3) is 1.00. The minimum absolute atomic E-state index is 0.296. The Labute approximate surface area is 100 Å². The Morgan fingerprint density at radius 2 is 0.938 bits per heavy atom. The van der Waals surface area contributed by atoms with Gasteiger partial charge in [0.15, 0.2) is 0 Å². The summed E-state index contributed by atoms with van der Waals surface area (Å²) < 4.78 is 0. The standard InChI is InChI=1S/C12H30N4/c13-9-7-11(15)5-3-1-2-4-6-12(16)8-10-14/h11-12H,1-10,13-16H2. The predicted octanol–water partition coefficient (Wildman–Crippen LogP) is 0.679. The molecule has 16 heavy (non-hydrogen) atoms. The summed E-state index contributed by atoms with van der Waals surface area (Å²) in [6, 6.07) is 0.592. The van der Waals surface area contributed by atoms with Gasteiger partial charge in [0.1, 0.15) is 0 Å². The van der Waals surface area contributed by atoms with Crippen molar-refractivity contribution in [2.24, 2.45) is 22.9 Å². The first kappa shape index (κ1) is 15.8. The van der Waals surface area contributed by atoms with Crippen LogP contribution in [0.1, 0.15) is 51.4 Å². The summed E-state index contributed by atoms with van der Waals surface area (Å²) >= 11 is 0. The first-order chi connectivity index (χ1) is 7.70. The van der Waals surface area contributed by atoms with Gasteiger partial charge in [-0.3, -0.25) is 0 Å². The van der Waals surface area contributed by atoms with Crippen LogP contribution >= 0.6 is 0 Å². The molecule has 0 saturated carbocycles. The monoisotopic (exact) mass is 230 g/mol. The van der Waals surface area contributed by atoms with Crippen LogP contribution in [0.15, 0.2) is 0 Å². The molecule has 0 radical (unpaired) electrons. The third kappa shape index (κ3) is 10.4. The first-order valence-corrected chi connectivity index (χ1v) is 6.62. The molecule has 0 aromatic carbocycles. The maximum Gasteiger partial charge on any atom is 0.00508 e. The van der Waals surface area contributed by atoms with Gasteiger partial charge in [0.05, 0.1) is 0 Å². The Balaban J connectivity index is 3.15. The topological polar surface area (TPSA) is 104 Å². The molecule has 0 aliphatic rings. The second kappa shape index (κ2) is 11.3. The van der Waals surface area contributed by atoms with Crippen LogP contribution < -0.4 is 22.9 Å². The molecule has 4 heteroatoms. The third-order valence-corrected chi connectivity index (χ3v) is 2.97. The van der Waals surface area contributed by atoms with Crippen LogP contribution in [-0.4, -0.2) is 25.2 Å². The third-order valence-electron chi connectivity index (χ3n) is 2.97. The lowest BCUT2D eigenvalue weighted by molar-refractivity contribution is 0.493. The molecule has 0 bridgehead atoms. The molecule has 2 unspecified atom stereocenters. The summed E-state index contributed by atoms with van der Waals surface area (Å²) in [5.41, 5.74) is 22.6. The van der Waals surface area contributed by atoms with Crippen LogP contribution in [0, 0.1) is 0 Å². The zero-order valence-electron chi connectivity index (χ0n) is 10.5. The van der Waals surface area contributed by atoms with Gasteiger partial charge in [0.2, 0.25) is 0 Å². The van der Waals surface area contributed by atoms with Crippen LogP contribution in [0.5, 0.6) is 0 Å². The Bertz CT molecular complexity index is 125. The molecule has 0 fully saturated rings. The number of unbranched alkanes of at least 4 members (excludes halogenated alkanes) is 3. The maximum atomic E-state index is 5.87. The summed E-state index contributed by atoms with van der Waals surface area (Å²) in [6.07, 6.45) is 9.04. The highest BCUT2D eigenvalue weighted by Crippen LogP contribution is 2.09. The molecule has 0 amide bonds. The second-order valence-electron chi connectivity index (χ2n) is 4.67. The lowest BCUT2D eigenvalue weighted by Gasteiger charge is -2.11. The van der Waals surface area contributed by atoms with Crippen molar-refractivity contribution >= 4 is 0 Å². The minimum atomic E-state index is 0.296. The van der Waals surface area contributed by atoms with Gasteiger partial charge in [-0.1, -0.05) is 25.7 Å². The summed E-state index contributed by atoms with van der Waals surface area (Å²) in [5, 5.41) is 0. The van der Waals surface area contributed by atoms with E-state index in [4.69, 9.17) is 22.9 Å². The summed E-state index contributed by atoms with van der Waals surface area (Å²) in [7, 11) is 0. The summed E-state index contributed by atoms with van der Waals surface area (Å²) in [5.74, 6) is 0. The predicted molar refractivity (Wildman–Crippen MR) is 71.0 cm³/mol. The van der Waals surface area contributed by atoms with E-state index in [1.807, 2.05) is 0 Å². The Morgan fingerprint density at radius 1 is 0.562 bits per heavy atom. The van der Waals surface area contributed by atoms with Crippen LogP contribution in [0.25, 0.3) is 0 Å². The molecule has 0 heterocycles. The minimum Gasteiger partial charge on any atom is -0.330 e. The summed E-state index contributed by atoms with van der Waals surface area (Å²) in [4.78, 5) is 0. The molecule has 0 spiro atoms. The SMILES string of the molecule is NCCC(N)CCCCCCC(N)CCN. The fourth-order valence-electron chi connectivity index (χ4n) is 1.88. The Morgan fingerprint density at radius 3 is 1.25 bits per heavy atom. The van der Waals surface area contributed by atoms with Gasteiger partial charge in [0, 0.05) is 12.1 Å². The molecule has 0 aliphatic heterocycles. The van der Waals surface area contributed by atoms with E-state index in [9.17, 15) is 0 Å². The lowest BCUT2D eigenvalue weighted by atomic mass is 10.0. The van der Waals surface area contributed by atoms with E-state index in [1.165, 1.54) is 25.7 Å². The molecule has 0 rings (SSSR count). The van der Waals surface area contributed by atoms with E-state index in [1.54, 1.807) is 0 Å². The zero-order chi connectivity index (χ0) is 12.2. The van der Waals surface area contributed by atoms with Gasteiger partial charge in [-0.05, 0) is 38.8 Å². The number of nitrogens with two attached hydrogens (primary N) is 4.